The average molecular weight is 511 g/mol. The van der Waals surface area contributed by atoms with E-state index >= 15 is 0 Å². The predicted molar refractivity (Wildman–Crippen MR) is 142 cm³/mol. The second-order valence-electron chi connectivity index (χ2n) is 9.77. The van der Waals surface area contributed by atoms with Crippen molar-refractivity contribution in [1.82, 2.24) is 9.80 Å². The van der Waals surface area contributed by atoms with Gasteiger partial charge in [0, 0.05) is 44.4 Å². The topological polar surface area (TPSA) is 91.7 Å². The van der Waals surface area contributed by atoms with Gasteiger partial charge >= 0.3 is 0 Å². The number of nitrogens with zero attached hydrogens (tertiary/aromatic N) is 2. The van der Waals surface area contributed by atoms with E-state index in [4.69, 9.17) is 14.2 Å². The summed E-state index contributed by atoms with van der Waals surface area (Å²) < 4.78 is 16.6. The van der Waals surface area contributed by atoms with Gasteiger partial charge in [0.25, 0.3) is 0 Å². The molecular weight excluding hydrogens is 472 g/mol. The van der Waals surface area contributed by atoms with Crippen LogP contribution < -0.4 is 14.2 Å². The molecule has 8 heteroatoms. The molecule has 0 aromatic heterocycles. The number of benzene rings is 2. The van der Waals surface area contributed by atoms with E-state index in [0.29, 0.717) is 49.7 Å². The minimum atomic E-state index is -0.949. The number of piperidine rings is 1. The Morgan fingerprint density at radius 3 is 2.41 bits per heavy atom. The van der Waals surface area contributed by atoms with Crippen molar-refractivity contribution >= 4 is 12.0 Å². The lowest BCUT2D eigenvalue weighted by Gasteiger charge is -2.39. The summed E-state index contributed by atoms with van der Waals surface area (Å²) in [5, 5.41) is 21.9. The molecule has 2 aromatic rings. The highest BCUT2D eigenvalue weighted by Crippen LogP contribution is 2.37. The van der Waals surface area contributed by atoms with E-state index in [1.165, 1.54) is 0 Å². The minimum absolute atomic E-state index is 0.0190. The molecule has 0 aliphatic carbocycles. The number of amides is 1. The lowest BCUT2D eigenvalue weighted by Crippen LogP contribution is -2.46. The van der Waals surface area contributed by atoms with Crippen molar-refractivity contribution in [3.63, 3.8) is 0 Å². The summed E-state index contributed by atoms with van der Waals surface area (Å²) in [5.74, 6) is 1.88. The number of hydrogen-bond acceptors (Lipinski definition) is 7. The highest BCUT2D eigenvalue weighted by molar-refractivity contribution is 5.92. The third-order valence-corrected chi connectivity index (χ3v) is 7.25. The standard InChI is InChI=1S/C29H38N2O6/c1-35-26-11-10-23(19-27(26)36-2)29(34)13-17-30(18-14-29)20-24(32)21-37-25-8-4-3-7-22(25)9-12-28(33)31-15-5-6-16-31/h3-4,7-12,19,24,32,34H,5-6,13-18,20-21H2,1-2H3. The van der Waals surface area contributed by atoms with Gasteiger partial charge in [0.2, 0.25) is 5.91 Å². The zero-order valence-corrected chi connectivity index (χ0v) is 21.8. The maximum Gasteiger partial charge on any atom is 0.246 e. The van der Waals surface area contributed by atoms with Crippen LogP contribution in [0.25, 0.3) is 6.08 Å². The van der Waals surface area contributed by atoms with Crippen molar-refractivity contribution in [3.05, 3.63) is 59.7 Å². The van der Waals surface area contributed by atoms with Crippen LogP contribution in [-0.4, -0.2) is 85.6 Å². The number of aliphatic hydroxyl groups excluding tert-OH is 1. The molecule has 2 aromatic carbocycles. The smallest absolute Gasteiger partial charge is 0.246 e. The third kappa shape index (κ3) is 6.83. The first-order chi connectivity index (χ1) is 17.9. The zero-order chi connectivity index (χ0) is 26.3. The summed E-state index contributed by atoms with van der Waals surface area (Å²) >= 11 is 0. The van der Waals surface area contributed by atoms with Gasteiger partial charge in [0.15, 0.2) is 11.5 Å². The molecule has 2 aliphatic heterocycles. The van der Waals surface area contributed by atoms with E-state index in [1.54, 1.807) is 26.4 Å². The molecule has 0 spiro atoms. The number of carbonyl (C=O) groups is 1. The van der Waals surface area contributed by atoms with Crippen molar-refractivity contribution in [1.29, 1.82) is 0 Å². The molecule has 2 N–H and O–H groups in total. The van der Waals surface area contributed by atoms with Crippen molar-refractivity contribution in [3.8, 4) is 17.2 Å². The van der Waals surface area contributed by atoms with Gasteiger partial charge in [-0.3, -0.25) is 4.79 Å². The summed E-state index contributed by atoms with van der Waals surface area (Å²) in [6.45, 7) is 3.53. The molecule has 200 valence electrons. The van der Waals surface area contributed by atoms with Gasteiger partial charge in [-0.1, -0.05) is 24.3 Å². The van der Waals surface area contributed by atoms with Gasteiger partial charge in [-0.05, 0) is 55.5 Å². The van der Waals surface area contributed by atoms with Crippen LogP contribution in [0.3, 0.4) is 0 Å². The first-order valence-corrected chi connectivity index (χ1v) is 13.0. The van der Waals surface area contributed by atoms with Crippen molar-refractivity contribution in [2.24, 2.45) is 0 Å². The molecule has 1 unspecified atom stereocenters. The van der Waals surface area contributed by atoms with E-state index in [0.717, 1.165) is 37.1 Å². The van der Waals surface area contributed by atoms with Crippen molar-refractivity contribution < 1.29 is 29.2 Å². The maximum absolute atomic E-state index is 12.3. The molecule has 2 saturated heterocycles. The number of likely N-dealkylation sites (tertiary alicyclic amines) is 2. The number of carbonyl (C=O) groups excluding carboxylic acids is 1. The maximum atomic E-state index is 12.3. The second kappa shape index (κ2) is 12.4. The normalized spacial score (nSPS) is 18.6. The number of ether oxygens (including phenoxy) is 3. The van der Waals surface area contributed by atoms with Crippen LogP contribution in [0, 0.1) is 0 Å². The molecule has 37 heavy (non-hydrogen) atoms. The number of methoxy groups -OCH3 is 2. The Labute approximate surface area is 219 Å². The highest BCUT2D eigenvalue weighted by Gasteiger charge is 2.35. The molecule has 0 bridgehead atoms. The first-order valence-electron chi connectivity index (χ1n) is 13.0. The summed E-state index contributed by atoms with van der Waals surface area (Å²) in [7, 11) is 3.17. The van der Waals surface area contributed by atoms with E-state index in [9.17, 15) is 15.0 Å². The number of hydrogen-bond donors (Lipinski definition) is 2. The third-order valence-electron chi connectivity index (χ3n) is 7.25. The molecule has 0 radical (unpaired) electrons. The van der Waals surface area contributed by atoms with Gasteiger partial charge < -0.3 is 34.2 Å². The SMILES string of the molecule is COc1ccc(C2(O)CCN(CC(O)COc3ccccc3C=CC(=O)N3CCCC3)CC2)cc1OC. The van der Waals surface area contributed by atoms with Gasteiger partial charge in [0.1, 0.15) is 18.5 Å². The Morgan fingerprint density at radius 1 is 1.00 bits per heavy atom. The van der Waals surface area contributed by atoms with Gasteiger partial charge in [-0.2, -0.15) is 0 Å². The molecule has 0 saturated carbocycles. The van der Waals surface area contributed by atoms with Crippen LogP contribution in [-0.2, 0) is 10.4 Å². The van der Waals surface area contributed by atoms with E-state index in [2.05, 4.69) is 4.90 Å². The quantitative estimate of drug-likeness (QED) is 0.475. The van der Waals surface area contributed by atoms with Crippen LogP contribution in [0.5, 0.6) is 17.2 Å². The highest BCUT2D eigenvalue weighted by atomic mass is 16.5. The van der Waals surface area contributed by atoms with Crippen LogP contribution in [0.15, 0.2) is 48.5 Å². The van der Waals surface area contributed by atoms with Crippen molar-refractivity contribution in [2.45, 2.75) is 37.4 Å². The molecule has 1 atom stereocenters. The summed E-state index contributed by atoms with van der Waals surface area (Å²) in [6, 6.07) is 13.0. The minimum Gasteiger partial charge on any atom is -0.493 e. The molecule has 4 rings (SSSR count). The van der Waals surface area contributed by atoms with Crippen LogP contribution in [0.1, 0.15) is 36.8 Å². The monoisotopic (exact) mass is 510 g/mol. The Balaban J connectivity index is 1.27. The van der Waals surface area contributed by atoms with Gasteiger partial charge in [-0.25, -0.2) is 0 Å². The van der Waals surface area contributed by atoms with Crippen LogP contribution >= 0.6 is 0 Å². The second-order valence-corrected chi connectivity index (χ2v) is 9.77. The largest absolute Gasteiger partial charge is 0.493 e. The summed E-state index contributed by atoms with van der Waals surface area (Å²) in [6.07, 6.45) is 5.91. The number of para-hydroxylation sites is 1. The average Bonchev–Trinajstić information content (AvgIpc) is 3.47. The molecule has 8 nitrogen and oxygen atoms in total. The Morgan fingerprint density at radius 2 is 1.70 bits per heavy atom. The van der Waals surface area contributed by atoms with Gasteiger partial charge in [-0.15, -0.1) is 0 Å². The first kappa shape index (κ1) is 27.0. The molecule has 1 amide bonds. The van der Waals surface area contributed by atoms with E-state index in [1.807, 2.05) is 47.4 Å². The Hall–Kier alpha value is -3.07. The van der Waals surface area contributed by atoms with Crippen LogP contribution in [0.2, 0.25) is 0 Å². The lowest BCUT2D eigenvalue weighted by atomic mass is 9.84. The predicted octanol–water partition coefficient (Wildman–Crippen LogP) is 3.06. The Bertz CT molecular complexity index is 1070. The fraction of sp³-hybridized carbons (Fsp3) is 0.483. The lowest BCUT2D eigenvalue weighted by molar-refractivity contribution is -0.124. The molecule has 2 heterocycles. The van der Waals surface area contributed by atoms with E-state index in [-0.39, 0.29) is 12.5 Å². The summed E-state index contributed by atoms with van der Waals surface area (Å²) in [5.41, 5.74) is 0.664. The zero-order valence-electron chi connectivity index (χ0n) is 21.8. The fourth-order valence-electron chi connectivity index (χ4n) is 5.01. The summed E-state index contributed by atoms with van der Waals surface area (Å²) in [4.78, 5) is 16.3. The number of aliphatic hydroxyl groups is 2. The molecular formula is C29H38N2O6. The Kier molecular flexibility index (Phi) is 9.08. The fourth-order valence-corrected chi connectivity index (χ4v) is 5.01. The number of β-amino-alcohol motifs (C(OH)–C–C–N with tert-alkyl or cyclic N) is 1. The number of rotatable bonds is 10. The van der Waals surface area contributed by atoms with Crippen LogP contribution in [0.4, 0.5) is 0 Å². The van der Waals surface area contributed by atoms with E-state index < -0.39 is 11.7 Å². The van der Waals surface area contributed by atoms with Gasteiger partial charge in [0.05, 0.1) is 19.8 Å². The molecule has 2 aliphatic rings. The van der Waals surface area contributed by atoms with Crippen molar-refractivity contribution in [2.75, 3.05) is 53.6 Å². The molecule has 2 fully saturated rings.